The second-order valence-electron chi connectivity index (χ2n) is 3.38. The highest BCUT2D eigenvalue weighted by Gasteiger charge is 1.96. The average molecular weight is 201 g/mol. The summed E-state index contributed by atoms with van der Waals surface area (Å²) in [5.41, 5.74) is 2.09. The van der Waals surface area contributed by atoms with Gasteiger partial charge in [0.1, 0.15) is 5.84 Å². The summed E-state index contributed by atoms with van der Waals surface area (Å²) in [4.78, 5) is 4.36. The molecule has 0 aliphatic carbocycles. The quantitative estimate of drug-likeness (QED) is 0.354. The summed E-state index contributed by atoms with van der Waals surface area (Å²) in [5.74, 6) is 0.726. The van der Waals surface area contributed by atoms with E-state index in [2.05, 4.69) is 17.2 Å². The van der Waals surface area contributed by atoms with E-state index in [0.717, 1.165) is 24.4 Å². The van der Waals surface area contributed by atoms with Crippen LogP contribution in [-0.2, 0) is 0 Å². The Morgan fingerprint density at radius 3 is 2.60 bits per heavy atom. The van der Waals surface area contributed by atoms with Crippen molar-refractivity contribution in [1.82, 2.24) is 5.32 Å². The molecule has 1 rings (SSSR count). The van der Waals surface area contributed by atoms with Crippen LogP contribution in [0, 0.1) is 18.4 Å². The van der Waals surface area contributed by atoms with Crippen LogP contribution >= 0.6 is 0 Å². The van der Waals surface area contributed by atoms with Crippen molar-refractivity contribution in [1.29, 1.82) is 5.26 Å². The van der Waals surface area contributed by atoms with Crippen molar-refractivity contribution in [2.24, 2.45) is 4.99 Å². The zero-order valence-corrected chi connectivity index (χ0v) is 9.12. The molecule has 0 aliphatic rings. The van der Waals surface area contributed by atoms with Gasteiger partial charge in [0.25, 0.3) is 0 Å². The van der Waals surface area contributed by atoms with Gasteiger partial charge in [0.05, 0.1) is 5.69 Å². The molecule has 0 radical (unpaired) electrons. The molecule has 0 saturated carbocycles. The van der Waals surface area contributed by atoms with Gasteiger partial charge in [-0.3, -0.25) is 5.32 Å². The first-order valence-electron chi connectivity index (χ1n) is 5.05. The summed E-state index contributed by atoms with van der Waals surface area (Å²) < 4.78 is 0. The van der Waals surface area contributed by atoms with Crippen molar-refractivity contribution < 1.29 is 0 Å². The molecule has 15 heavy (non-hydrogen) atoms. The first-order valence-corrected chi connectivity index (χ1v) is 5.05. The van der Waals surface area contributed by atoms with Crippen LogP contribution in [0.25, 0.3) is 0 Å². The molecular formula is C12H15N3. The number of rotatable bonds is 3. The summed E-state index contributed by atoms with van der Waals surface area (Å²) in [7, 11) is 0. The van der Waals surface area contributed by atoms with Crippen molar-refractivity contribution in [3.63, 3.8) is 0 Å². The van der Waals surface area contributed by atoms with Crippen LogP contribution in [0.1, 0.15) is 25.3 Å². The Hall–Kier alpha value is -1.82. The smallest absolute Gasteiger partial charge is 0.182 e. The van der Waals surface area contributed by atoms with E-state index in [9.17, 15) is 0 Å². The van der Waals surface area contributed by atoms with Crippen molar-refractivity contribution in [3.8, 4) is 6.19 Å². The van der Waals surface area contributed by atoms with Crippen LogP contribution in [0.5, 0.6) is 0 Å². The van der Waals surface area contributed by atoms with E-state index in [-0.39, 0.29) is 0 Å². The summed E-state index contributed by atoms with van der Waals surface area (Å²) >= 11 is 0. The Labute approximate surface area is 90.5 Å². The molecule has 1 aromatic carbocycles. The highest BCUT2D eigenvalue weighted by molar-refractivity contribution is 5.85. The van der Waals surface area contributed by atoms with Gasteiger partial charge in [-0.1, -0.05) is 24.6 Å². The molecule has 3 heteroatoms. The third-order valence-corrected chi connectivity index (χ3v) is 1.99. The summed E-state index contributed by atoms with van der Waals surface area (Å²) in [6, 6.07) is 7.91. The summed E-state index contributed by atoms with van der Waals surface area (Å²) in [5, 5.41) is 11.1. The van der Waals surface area contributed by atoms with E-state index in [0.29, 0.717) is 0 Å². The fourth-order valence-electron chi connectivity index (χ4n) is 1.22. The molecule has 0 unspecified atom stereocenters. The fraction of sp³-hybridized carbons (Fsp3) is 0.333. The molecule has 3 nitrogen and oxygen atoms in total. The lowest BCUT2D eigenvalue weighted by Gasteiger charge is -2.02. The van der Waals surface area contributed by atoms with Crippen LogP contribution < -0.4 is 5.32 Å². The SMILES string of the molecule is CCCC(=Nc1ccc(C)cc1)NC#N. The first-order chi connectivity index (χ1) is 7.26. The summed E-state index contributed by atoms with van der Waals surface area (Å²) in [6.45, 7) is 4.09. The number of aliphatic imine (C=N–C) groups is 1. The van der Waals surface area contributed by atoms with Crippen LogP contribution in [0.2, 0.25) is 0 Å². The zero-order valence-electron chi connectivity index (χ0n) is 9.12. The second kappa shape index (κ2) is 5.82. The lowest BCUT2D eigenvalue weighted by Crippen LogP contribution is -2.16. The predicted molar refractivity (Wildman–Crippen MR) is 61.9 cm³/mol. The number of benzene rings is 1. The number of nitrogens with zero attached hydrogens (tertiary/aromatic N) is 2. The van der Waals surface area contributed by atoms with Gasteiger partial charge in [-0.15, -0.1) is 0 Å². The minimum absolute atomic E-state index is 0.726. The molecule has 1 aromatic rings. The Balaban J connectivity index is 2.82. The number of amidine groups is 1. The van der Waals surface area contributed by atoms with Crippen LogP contribution in [-0.4, -0.2) is 5.84 Å². The lowest BCUT2D eigenvalue weighted by molar-refractivity contribution is 0.961. The number of hydrogen-bond acceptors (Lipinski definition) is 2. The van der Waals surface area contributed by atoms with Gasteiger partial charge < -0.3 is 0 Å². The maximum atomic E-state index is 8.54. The second-order valence-corrected chi connectivity index (χ2v) is 3.38. The fourth-order valence-corrected chi connectivity index (χ4v) is 1.22. The third-order valence-electron chi connectivity index (χ3n) is 1.99. The largest absolute Gasteiger partial charge is 0.280 e. The van der Waals surface area contributed by atoms with Crippen molar-refractivity contribution in [3.05, 3.63) is 29.8 Å². The zero-order chi connectivity index (χ0) is 11.1. The molecule has 0 heterocycles. The third kappa shape index (κ3) is 3.82. The number of nitrogens with one attached hydrogen (secondary N) is 1. The molecule has 78 valence electrons. The van der Waals surface area contributed by atoms with Crippen molar-refractivity contribution >= 4 is 11.5 Å². The molecule has 0 fully saturated rings. The van der Waals surface area contributed by atoms with Gasteiger partial charge in [0.15, 0.2) is 6.19 Å². The van der Waals surface area contributed by atoms with Gasteiger partial charge in [-0.25, -0.2) is 4.99 Å². The monoisotopic (exact) mass is 201 g/mol. The van der Waals surface area contributed by atoms with Gasteiger partial charge in [0, 0.05) is 6.42 Å². The standard InChI is InChI=1S/C12H15N3/c1-3-4-12(14-9-13)15-11-7-5-10(2)6-8-11/h5-8H,3-4H2,1-2H3,(H,14,15). The topological polar surface area (TPSA) is 48.2 Å². The number of aryl methyl sites for hydroxylation is 1. The minimum atomic E-state index is 0.726. The van der Waals surface area contributed by atoms with Crippen LogP contribution in [0.15, 0.2) is 29.3 Å². The van der Waals surface area contributed by atoms with Gasteiger partial charge in [-0.2, -0.15) is 5.26 Å². The van der Waals surface area contributed by atoms with Crippen LogP contribution in [0.3, 0.4) is 0 Å². The van der Waals surface area contributed by atoms with Gasteiger partial charge in [-0.05, 0) is 25.5 Å². The van der Waals surface area contributed by atoms with E-state index < -0.39 is 0 Å². The Morgan fingerprint density at radius 2 is 2.07 bits per heavy atom. The minimum Gasteiger partial charge on any atom is -0.280 e. The van der Waals surface area contributed by atoms with E-state index in [1.54, 1.807) is 0 Å². The molecule has 0 aromatic heterocycles. The lowest BCUT2D eigenvalue weighted by atomic mass is 10.2. The molecule has 0 spiro atoms. The highest BCUT2D eigenvalue weighted by atomic mass is 15.0. The predicted octanol–water partition coefficient (Wildman–Crippen LogP) is 2.90. The Kier molecular flexibility index (Phi) is 4.36. The van der Waals surface area contributed by atoms with E-state index in [1.807, 2.05) is 37.4 Å². The maximum Gasteiger partial charge on any atom is 0.182 e. The molecule has 0 bridgehead atoms. The van der Waals surface area contributed by atoms with E-state index >= 15 is 0 Å². The van der Waals surface area contributed by atoms with Gasteiger partial charge >= 0.3 is 0 Å². The average Bonchev–Trinajstić information content (AvgIpc) is 2.22. The summed E-state index contributed by atoms with van der Waals surface area (Å²) in [6.07, 6.45) is 3.67. The van der Waals surface area contributed by atoms with Crippen molar-refractivity contribution in [2.75, 3.05) is 0 Å². The molecule has 0 atom stereocenters. The van der Waals surface area contributed by atoms with Crippen molar-refractivity contribution in [2.45, 2.75) is 26.7 Å². The van der Waals surface area contributed by atoms with E-state index in [1.165, 1.54) is 5.56 Å². The molecule has 0 aliphatic heterocycles. The van der Waals surface area contributed by atoms with E-state index in [4.69, 9.17) is 5.26 Å². The Bertz CT molecular complexity index is 371. The number of nitriles is 1. The first kappa shape index (κ1) is 11.3. The van der Waals surface area contributed by atoms with Crippen LogP contribution in [0.4, 0.5) is 5.69 Å². The normalized spacial score (nSPS) is 10.9. The molecule has 1 N–H and O–H groups in total. The molecule has 0 amide bonds. The Morgan fingerprint density at radius 1 is 1.40 bits per heavy atom. The van der Waals surface area contributed by atoms with Gasteiger partial charge in [0.2, 0.25) is 0 Å². The molecule has 0 saturated heterocycles. The maximum absolute atomic E-state index is 8.54. The molecular weight excluding hydrogens is 186 g/mol. The highest BCUT2D eigenvalue weighted by Crippen LogP contribution is 2.13. The number of hydrogen-bond donors (Lipinski definition) is 1.